The number of ketones is 2. The van der Waals surface area contributed by atoms with E-state index in [2.05, 4.69) is 0 Å². The number of carbonyl (C=O) groups is 2. The Labute approximate surface area is 122 Å². The lowest BCUT2D eigenvalue weighted by Crippen LogP contribution is -2.34. The SMILES string of the molecule is O=C(C(=C/C=C/N1CCCCC1)C(=O)C(F)(F)F)C(F)(F)F. The first-order chi connectivity index (χ1) is 10.0. The number of nitrogens with zero attached hydrogens (tertiary/aromatic N) is 1. The Morgan fingerprint density at radius 3 is 1.68 bits per heavy atom. The second kappa shape index (κ2) is 6.97. The van der Waals surface area contributed by atoms with Gasteiger partial charge in [0, 0.05) is 13.1 Å². The smallest absolute Gasteiger partial charge is 0.377 e. The van der Waals surface area contributed by atoms with Crippen LogP contribution < -0.4 is 0 Å². The zero-order valence-corrected chi connectivity index (χ0v) is 11.3. The minimum absolute atomic E-state index is 0.264. The Morgan fingerprint density at radius 1 is 0.818 bits per heavy atom. The van der Waals surface area contributed by atoms with Crippen molar-refractivity contribution in [3.05, 3.63) is 23.9 Å². The maximum Gasteiger partial charge on any atom is 0.455 e. The third-order valence-electron chi connectivity index (χ3n) is 2.95. The van der Waals surface area contributed by atoms with Gasteiger partial charge in [-0.2, -0.15) is 26.3 Å². The number of allylic oxidation sites excluding steroid dienone is 3. The summed E-state index contributed by atoms with van der Waals surface area (Å²) in [6.07, 6.45) is -6.02. The molecule has 22 heavy (non-hydrogen) atoms. The van der Waals surface area contributed by atoms with Gasteiger partial charge in [-0.05, 0) is 37.6 Å². The topological polar surface area (TPSA) is 37.4 Å². The highest BCUT2D eigenvalue weighted by Gasteiger charge is 2.49. The van der Waals surface area contributed by atoms with E-state index in [9.17, 15) is 35.9 Å². The van der Waals surface area contributed by atoms with Gasteiger partial charge >= 0.3 is 12.4 Å². The molecule has 0 saturated carbocycles. The van der Waals surface area contributed by atoms with E-state index >= 15 is 0 Å². The number of piperidine rings is 1. The van der Waals surface area contributed by atoms with E-state index < -0.39 is 29.5 Å². The number of alkyl halides is 6. The molecule has 9 heteroatoms. The first-order valence-corrected chi connectivity index (χ1v) is 6.39. The fourth-order valence-corrected chi connectivity index (χ4v) is 1.89. The molecule has 1 rings (SSSR count). The minimum atomic E-state index is -5.55. The summed E-state index contributed by atoms with van der Waals surface area (Å²) in [6.45, 7) is 1.22. The molecule has 0 aliphatic carbocycles. The van der Waals surface area contributed by atoms with Gasteiger partial charge in [0.1, 0.15) is 0 Å². The molecule has 0 spiro atoms. The molecule has 0 N–H and O–H groups in total. The van der Waals surface area contributed by atoms with Crippen molar-refractivity contribution in [2.75, 3.05) is 13.1 Å². The zero-order valence-electron chi connectivity index (χ0n) is 11.3. The summed E-state index contributed by atoms with van der Waals surface area (Å²) in [4.78, 5) is 23.6. The second-order valence-electron chi connectivity index (χ2n) is 4.67. The number of likely N-dealkylation sites (tertiary alicyclic amines) is 1. The van der Waals surface area contributed by atoms with Crippen molar-refractivity contribution >= 4 is 11.6 Å². The van der Waals surface area contributed by atoms with Gasteiger partial charge in [-0.15, -0.1) is 0 Å². The van der Waals surface area contributed by atoms with Crippen LogP contribution in [0.25, 0.3) is 0 Å². The van der Waals surface area contributed by atoms with Crippen LogP contribution >= 0.6 is 0 Å². The van der Waals surface area contributed by atoms with Gasteiger partial charge in [-0.1, -0.05) is 0 Å². The maximum atomic E-state index is 12.3. The fraction of sp³-hybridized carbons (Fsp3) is 0.538. The van der Waals surface area contributed by atoms with E-state index in [0.717, 1.165) is 25.3 Å². The highest BCUT2D eigenvalue weighted by atomic mass is 19.4. The van der Waals surface area contributed by atoms with Crippen LogP contribution in [0, 0.1) is 0 Å². The molecule has 0 amide bonds. The Balaban J connectivity index is 2.99. The molecular weight excluding hydrogens is 316 g/mol. The van der Waals surface area contributed by atoms with Crippen LogP contribution in [-0.2, 0) is 9.59 Å². The van der Waals surface area contributed by atoms with Crippen LogP contribution in [0.4, 0.5) is 26.3 Å². The predicted octanol–water partition coefficient (Wildman–Crippen LogP) is 3.18. The molecule has 1 fully saturated rings. The van der Waals surface area contributed by atoms with E-state index in [1.165, 1.54) is 6.20 Å². The van der Waals surface area contributed by atoms with Crippen molar-refractivity contribution in [1.29, 1.82) is 0 Å². The Bertz CT molecular complexity index is 456. The molecule has 0 aromatic rings. The molecule has 0 radical (unpaired) electrons. The van der Waals surface area contributed by atoms with Crippen molar-refractivity contribution in [2.24, 2.45) is 0 Å². The van der Waals surface area contributed by atoms with E-state index in [4.69, 9.17) is 0 Å². The maximum absolute atomic E-state index is 12.3. The molecule has 0 aromatic heterocycles. The van der Waals surface area contributed by atoms with E-state index in [0.29, 0.717) is 13.1 Å². The van der Waals surface area contributed by atoms with Crippen molar-refractivity contribution in [2.45, 2.75) is 31.6 Å². The third kappa shape index (κ3) is 5.19. The number of halogens is 6. The molecule has 1 aliphatic heterocycles. The van der Waals surface area contributed by atoms with Crippen molar-refractivity contribution in [1.82, 2.24) is 4.90 Å². The molecule has 1 saturated heterocycles. The number of hydrogen-bond donors (Lipinski definition) is 0. The average Bonchev–Trinajstić information content (AvgIpc) is 2.41. The van der Waals surface area contributed by atoms with Crippen molar-refractivity contribution in [3.63, 3.8) is 0 Å². The predicted molar refractivity (Wildman–Crippen MR) is 64.8 cm³/mol. The molecular formula is C13H13F6NO2. The van der Waals surface area contributed by atoms with Gasteiger partial charge in [-0.25, -0.2) is 0 Å². The van der Waals surface area contributed by atoms with Crippen molar-refractivity contribution < 1.29 is 35.9 Å². The zero-order chi connectivity index (χ0) is 17.0. The summed E-state index contributed by atoms with van der Waals surface area (Å²) in [6, 6.07) is 0. The third-order valence-corrected chi connectivity index (χ3v) is 2.95. The number of carbonyl (C=O) groups excluding carboxylic acids is 2. The Morgan fingerprint density at radius 2 is 1.27 bits per heavy atom. The minimum Gasteiger partial charge on any atom is -0.377 e. The molecule has 0 aromatic carbocycles. The van der Waals surface area contributed by atoms with E-state index in [1.54, 1.807) is 4.90 Å². The van der Waals surface area contributed by atoms with Crippen LogP contribution in [0.15, 0.2) is 23.9 Å². The average molecular weight is 329 g/mol. The lowest BCUT2D eigenvalue weighted by atomic mass is 10.1. The van der Waals surface area contributed by atoms with E-state index in [1.807, 2.05) is 0 Å². The summed E-state index contributed by atoms with van der Waals surface area (Å²) in [7, 11) is 0. The van der Waals surface area contributed by atoms with Crippen LogP contribution in [0.2, 0.25) is 0 Å². The first-order valence-electron chi connectivity index (χ1n) is 6.39. The lowest BCUT2D eigenvalue weighted by molar-refractivity contribution is -0.175. The molecule has 1 heterocycles. The van der Waals surface area contributed by atoms with Crippen LogP contribution in [0.1, 0.15) is 19.3 Å². The molecule has 3 nitrogen and oxygen atoms in total. The molecule has 0 unspecified atom stereocenters. The van der Waals surface area contributed by atoms with Crippen molar-refractivity contribution in [3.8, 4) is 0 Å². The normalized spacial score (nSPS) is 16.7. The highest BCUT2D eigenvalue weighted by molar-refractivity contribution is 6.23. The van der Waals surface area contributed by atoms with Gasteiger partial charge < -0.3 is 4.90 Å². The van der Waals surface area contributed by atoms with Gasteiger partial charge in [-0.3, -0.25) is 9.59 Å². The van der Waals surface area contributed by atoms with Crippen LogP contribution in [0.3, 0.4) is 0 Å². The number of hydrogen-bond acceptors (Lipinski definition) is 3. The monoisotopic (exact) mass is 329 g/mol. The second-order valence-corrected chi connectivity index (χ2v) is 4.67. The summed E-state index contributed by atoms with van der Waals surface area (Å²) in [5, 5.41) is 0. The summed E-state index contributed by atoms with van der Waals surface area (Å²) < 4.78 is 73.7. The Kier molecular flexibility index (Phi) is 5.78. The van der Waals surface area contributed by atoms with Gasteiger partial charge in [0.05, 0.1) is 5.57 Å². The first kappa shape index (κ1) is 18.2. The van der Waals surface area contributed by atoms with Crippen LogP contribution in [0.5, 0.6) is 0 Å². The molecule has 0 atom stereocenters. The van der Waals surface area contributed by atoms with Gasteiger partial charge in [0.2, 0.25) is 0 Å². The summed E-state index contributed by atoms with van der Waals surface area (Å²) in [5.41, 5.74) is -1.94. The number of Topliss-reactive ketones (excluding diaryl/α,β-unsaturated/α-hetero) is 2. The lowest BCUT2D eigenvalue weighted by Gasteiger charge is -2.24. The fourth-order valence-electron chi connectivity index (χ4n) is 1.89. The van der Waals surface area contributed by atoms with Gasteiger partial charge in [0.15, 0.2) is 0 Å². The molecule has 124 valence electrons. The van der Waals surface area contributed by atoms with E-state index in [-0.39, 0.29) is 6.08 Å². The van der Waals surface area contributed by atoms with Gasteiger partial charge in [0.25, 0.3) is 11.6 Å². The Hall–Kier alpha value is -1.80. The summed E-state index contributed by atoms with van der Waals surface area (Å²) in [5.74, 6) is -5.61. The largest absolute Gasteiger partial charge is 0.455 e. The summed E-state index contributed by atoms with van der Waals surface area (Å²) >= 11 is 0. The standard InChI is InChI=1S/C13H13F6NO2/c14-12(15,16)10(21)9(11(22)13(17,18)19)5-4-8-20-6-2-1-3-7-20/h4-5,8H,1-3,6-7H2/b8-4+. The quantitative estimate of drug-likeness (QED) is 0.261. The molecule has 0 bridgehead atoms. The van der Waals surface area contributed by atoms with Crippen LogP contribution in [-0.4, -0.2) is 41.9 Å². The highest BCUT2D eigenvalue weighted by Crippen LogP contribution is 2.27. The molecule has 1 aliphatic rings. The number of rotatable bonds is 4.